The third-order valence-corrected chi connectivity index (χ3v) is 3.29. The first-order chi connectivity index (χ1) is 10.1. The van der Waals surface area contributed by atoms with Crippen molar-refractivity contribution in [1.29, 1.82) is 0 Å². The van der Waals surface area contributed by atoms with Crippen LogP contribution in [0.25, 0.3) is 10.8 Å². The molecule has 2 rings (SSSR count). The maximum Gasteiger partial charge on any atom is 1.00 e. The molecule has 0 fully saturated rings. The van der Waals surface area contributed by atoms with Crippen molar-refractivity contribution >= 4 is 28.4 Å². The van der Waals surface area contributed by atoms with Crippen LogP contribution >= 0.6 is 0 Å². The number of hydrogen-bond donors (Lipinski definition) is 1. The molecule has 0 unspecified atom stereocenters. The van der Waals surface area contributed by atoms with Crippen LogP contribution in [0.15, 0.2) is 42.5 Å². The van der Waals surface area contributed by atoms with Crippen LogP contribution in [0.5, 0.6) is 0 Å². The van der Waals surface area contributed by atoms with Crippen molar-refractivity contribution in [2.75, 3.05) is 18.0 Å². The smallest absolute Gasteiger partial charge is 0.550 e. The summed E-state index contributed by atoms with van der Waals surface area (Å²) < 4.78 is 0. The molecule has 0 heterocycles. The van der Waals surface area contributed by atoms with Gasteiger partial charge in [0.25, 0.3) is 0 Å². The molecule has 0 aromatic heterocycles. The van der Waals surface area contributed by atoms with Gasteiger partial charge in [-0.3, -0.25) is 4.79 Å². The molecule has 1 N–H and O–H groups in total. The first-order valence-corrected chi connectivity index (χ1v) is 6.72. The van der Waals surface area contributed by atoms with E-state index in [9.17, 15) is 14.7 Å². The Bertz CT molecular complexity index is 636. The standard InChI is InChI=1S/C16H17NO4.Na/c18-15(19)8-10-17(11-9-16(20)21)14-7-3-5-12-4-1-2-6-13(12)14;/h1-7H,8-11H2,(H,18,19)(H,20,21);/q;+1/p-1. The zero-order chi connectivity index (χ0) is 15.2. The molecule has 0 aliphatic heterocycles. The number of fused-ring (bicyclic) bond motifs is 1. The van der Waals surface area contributed by atoms with Gasteiger partial charge in [0.05, 0.1) is 6.42 Å². The Labute approximate surface area is 150 Å². The number of carboxylic acids is 2. The Morgan fingerprint density at radius 1 is 1.00 bits per heavy atom. The number of hydrogen-bond acceptors (Lipinski definition) is 4. The molecule has 0 radical (unpaired) electrons. The summed E-state index contributed by atoms with van der Waals surface area (Å²) >= 11 is 0. The number of carbonyl (C=O) groups excluding carboxylic acids is 1. The van der Waals surface area contributed by atoms with Gasteiger partial charge in [0.15, 0.2) is 0 Å². The van der Waals surface area contributed by atoms with Crippen LogP contribution in [0.1, 0.15) is 12.8 Å². The average Bonchev–Trinajstić information content (AvgIpc) is 2.46. The van der Waals surface area contributed by atoms with Gasteiger partial charge in [0.2, 0.25) is 0 Å². The molecule has 5 nitrogen and oxygen atoms in total. The number of nitrogens with zero attached hydrogens (tertiary/aromatic N) is 1. The van der Waals surface area contributed by atoms with Crippen molar-refractivity contribution in [3.05, 3.63) is 42.5 Å². The van der Waals surface area contributed by atoms with Gasteiger partial charge < -0.3 is 19.9 Å². The molecule has 0 saturated heterocycles. The summed E-state index contributed by atoms with van der Waals surface area (Å²) in [4.78, 5) is 23.2. The quantitative estimate of drug-likeness (QED) is 0.615. The monoisotopic (exact) mass is 309 g/mol. The number of anilines is 1. The van der Waals surface area contributed by atoms with Crippen LogP contribution < -0.4 is 39.6 Å². The maximum atomic E-state index is 10.8. The zero-order valence-corrected chi connectivity index (χ0v) is 14.5. The first-order valence-electron chi connectivity index (χ1n) is 6.72. The van der Waals surface area contributed by atoms with Crippen LogP contribution in [0.3, 0.4) is 0 Å². The fourth-order valence-corrected chi connectivity index (χ4v) is 2.29. The molecule has 0 aliphatic carbocycles. The van der Waals surface area contributed by atoms with Gasteiger partial charge in [-0.1, -0.05) is 36.4 Å². The summed E-state index contributed by atoms with van der Waals surface area (Å²) in [5.41, 5.74) is 0.843. The van der Waals surface area contributed by atoms with Gasteiger partial charge in [0.1, 0.15) is 0 Å². The number of aliphatic carboxylic acids is 2. The normalized spacial score (nSPS) is 10.0. The topological polar surface area (TPSA) is 80.7 Å². The molecular formula is C16H16NNaO4. The Morgan fingerprint density at radius 3 is 2.32 bits per heavy atom. The second-order valence-corrected chi connectivity index (χ2v) is 4.75. The van der Waals surface area contributed by atoms with E-state index in [0.717, 1.165) is 16.5 Å². The van der Waals surface area contributed by atoms with Gasteiger partial charge >= 0.3 is 35.5 Å². The van der Waals surface area contributed by atoms with Gasteiger partial charge in [-0.25, -0.2) is 0 Å². The summed E-state index contributed by atoms with van der Waals surface area (Å²) in [6, 6.07) is 13.5. The fourth-order valence-electron chi connectivity index (χ4n) is 2.29. The molecule has 0 bridgehead atoms. The van der Waals surface area contributed by atoms with Crippen molar-refractivity contribution in [3.63, 3.8) is 0 Å². The largest absolute Gasteiger partial charge is 1.00 e. The Balaban J connectivity index is 0.00000242. The molecule has 0 aliphatic rings. The minimum Gasteiger partial charge on any atom is -0.550 e. The summed E-state index contributed by atoms with van der Waals surface area (Å²) in [6.45, 7) is 0.486. The van der Waals surface area contributed by atoms with Crippen LogP contribution in [0.2, 0.25) is 0 Å². The van der Waals surface area contributed by atoms with E-state index in [0.29, 0.717) is 0 Å². The van der Waals surface area contributed by atoms with Crippen molar-refractivity contribution in [1.82, 2.24) is 0 Å². The van der Waals surface area contributed by atoms with E-state index in [1.54, 1.807) is 4.90 Å². The minimum absolute atomic E-state index is 0. The third kappa shape index (κ3) is 5.02. The molecule has 22 heavy (non-hydrogen) atoms. The van der Waals surface area contributed by atoms with Crippen LogP contribution in [-0.2, 0) is 9.59 Å². The van der Waals surface area contributed by atoms with E-state index in [1.165, 1.54) is 0 Å². The van der Waals surface area contributed by atoms with Gasteiger partial charge in [-0.15, -0.1) is 0 Å². The van der Waals surface area contributed by atoms with E-state index >= 15 is 0 Å². The number of carboxylic acid groups (broad SMARTS) is 2. The van der Waals surface area contributed by atoms with Crippen LogP contribution in [-0.4, -0.2) is 30.1 Å². The molecular weight excluding hydrogens is 293 g/mol. The first kappa shape index (κ1) is 18.5. The van der Waals surface area contributed by atoms with Crippen LogP contribution in [0, 0.1) is 0 Å². The van der Waals surface area contributed by atoms with E-state index in [2.05, 4.69) is 0 Å². The molecule has 2 aromatic carbocycles. The predicted octanol–water partition coefficient (Wildman–Crippen LogP) is -1.74. The number of carbonyl (C=O) groups is 2. The summed E-state index contributed by atoms with van der Waals surface area (Å²) in [5, 5.41) is 21.5. The zero-order valence-electron chi connectivity index (χ0n) is 12.5. The van der Waals surface area contributed by atoms with Gasteiger partial charge in [-0.05, 0) is 11.5 Å². The van der Waals surface area contributed by atoms with Gasteiger partial charge in [0, 0.05) is 36.6 Å². The van der Waals surface area contributed by atoms with Crippen molar-refractivity contribution in [2.24, 2.45) is 0 Å². The molecule has 110 valence electrons. The molecule has 6 heteroatoms. The maximum absolute atomic E-state index is 10.8. The number of rotatable bonds is 7. The molecule has 2 aromatic rings. The van der Waals surface area contributed by atoms with Crippen LogP contribution in [0.4, 0.5) is 5.69 Å². The minimum atomic E-state index is -1.14. The fraction of sp³-hybridized carbons (Fsp3) is 0.250. The number of benzene rings is 2. The molecule has 0 amide bonds. The Kier molecular flexibility index (Phi) is 7.38. The van der Waals surface area contributed by atoms with Crippen molar-refractivity contribution in [3.8, 4) is 0 Å². The summed E-state index contributed by atoms with van der Waals surface area (Å²) in [7, 11) is 0. The second-order valence-electron chi connectivity index (χ2n) is 4.75. The predicted molar refractivity (Wildman–Crippen MR) is 78.0 cm³/mol. The van der Waals surface area contributed by atoms with Crippen molar-refractivity contribution in [2.45, 2.75) is 12.8 Å². The van der Waals surface area contributed by atoms with E-state index < -0.39 is 11.9 Å². The average molecular weight is 309 g/mol. The molecule has 0 atom stereocenters. The summed E-state index contributed by atoms with van der Waals surface area (Å²) in [5.74, 6) is -2.05. The molecule has 0 saturated carbocycles. The van der Waals surface area contributed by atoms with Crippen molar-refractivity contribution < 1.29 is 49.4 Å². The van der Waals surface area contributed by atoms with E-state index in [1.807, 2.05) is 42.5 Å². The third-order valence-electron chi connectivity index (χ3n) is 3.29. The van der Waals surface area contributed by atoms with E-state index in [4.69, 9.17) is 5.11 Å². The second kappa shape index (κ2) is 8.78. The van der Waals surface area contributed by atoms with Gasteiger partial charge in [-0.2, -0.15) is 0 Å². The SMILES string of the molecule is O=C([O-])CCN(CCC(=O)O)c1cccc2ccccc12.[Na+]. The summed E-state index contributed by atoms with van der Waals surface area (Å²) in [6.07, 6.45) is -0.181. The molecule has 0 spiro atoms. The Morgan fingerprint density at radius 2 is 1.64 bits per heavy atom. The Hall–Kier alpha value is -1.56. The van der Waals surface area contributed by atoms with E-state index in [-0.39, 0.29) is 55.5 Å².